The zero-order valence-corrected chi connectivity index (χ0v) is 11.5. The van der Waals surface area contributed by atoms with Crippen molar-refractivity contribution in [1.82, 2.24) is 4.98 Å². The van der Waals surface area contributed by atoms with Gasteiger partial charge in [-0.15, -0.1) is 0 Å². The van der Waals surface area contributed by atoms with E-state index in [0.29, 0.717) is 11.1 Å². The number of rotatable bonds is 3. The fourth-order valence-corrected chi connectivity index (χ4v) is 2.30. The predicted octanol–water partition coefficient (Wildman–Crippen LogP) is 2.91. The van der Waals surface area contributed by atoms with Gasteiger partial charge in [0.2, 0.25) is 10.0 Å². The molecule has 0 fully saturated rings. The zero-order valence-electron chi connectivity index (χ0n) is 9.89. The molecule has 19 heavy (non-hydrogen) atoms. The van der Waals surface area contributed by atoms with Gasteiger partial charge in [0.15, 0.2) is 0 Å². The molecule has 1 N–H and O–H groups in total. The van der Waals surface area contributed by atoms with E-state index < -0.39 is 15.8 Å². The first-order chi connectivity index (χ1) is 8.85. The molecule has 100 valence electrons. The number of benzene rings is 1. The van der Waals surface area contributed by atoms with Gasteiger partial charge in [0.05, 0.1) is 11.3 Å². The predicted molar refractivity (Wildman–Crippen MR) is 73.1 cm³/mol. The van der Waals surface area contributed by atoms with E-state index >= 15 is 0 Å². The summed E-state index contributed by atoms with van der Waals surface area (Å²) in [6.45, 7) is 0. The number of sulfonamides is 1. The number of hydrogen-bond acceptors (Lipinski definition) is 3. The SMILES string of the molecule is CS(=O)(=O)Nc1ccc(-c2ccc(F)cc2Cl)cn1. The van der Waals surface area contributed by atoms with Crippen molar-refractivity contribution in [2.45, 2.75) is 0 Å². The molecule has 0 saturated heterocycles. The summed E-state index contributed by atoms with van der Waals surface area (Å²) in [6.07, 6.45) is 2.51. The molecule has 0 aliphatic carbocycles. The van der Waals surface area contributed by atoms with Crippen LogP contribution in [0.25, 0.3) is 11.1 Å². The average Bonchev–Trinajstić information content (AvgIpc) is 2.28. The molecule has 0 saturated carbocycles. The van der Waals surface area contributed by atoms with Gasteiger partial charge < -0.3 is 0 Å². The Morgan fingerprint density at radius 3 is 2.53 bits per heavy atom. The maximum Gasteiger partial charge on any atom is 0.230 e. The number of anilines is 1. The minimum absolute atomic E-state index is 0.212. The van der Waals surface area contributed by atoms with Crippen molar-refractivity contribution in [1.29, 1.82) is 0 Å². The van der Waals surface area contributed by atoms with Crippen LogP contribution in [-0.4, -0.2) is 19.7 Å². The first-order valence-corrected chi connectivity index (χ1v) is 7.51. The van der Waals surface area contributed by atoms with Crippen LogP contribution in [-0.2, 0) is 10.0 Å². The molecule has 0 atom stereocenters. The molecular weight excluding hydrogens is 291 g/mol. The summed E-state index contributed by atoms with van der Waals surface area (Å²) in [5.41, 5.74) is 1.30. The van der Waals surface area contributed by atoms with Gasteiger partial charge in [-0.1, -0.05) is 11.6 Å². The lowest BCUT2D eigenvalue weighted by molar-refractivity contribution is 0.606. The number of nitrogens with one attached hydrogen (secondary N) is 1. The molecule has 1 aromatic carbocycles. The smallest absolute Gasteiger partial charge is 0.230 e. The van der Waals surface area contributed by atoms with Crippen LogP contribution in [0.15, 0.2) is 36.5 Å². The normalized spacial score (nSPS) is 11.3. The van der Waals surface area contributed by atoms with Gasteiger partial charge in [-0.3, -0.25) is 4.72 Å². The highest BCUT2D eigenvalue weighted by Gasteiger charge is 2.07. The summed E-state index contributed by atoms with van der Waals surface area (Å²) in [5.74, 6) is -0.207. The second kappa shape index (κ2) is 5.14. The molecule has 1 heterocycles. The minimum atomic E-state index is -3.36. The van der Waals surface area contributed by atoms with E-state index in [1.54, 1.807) is 12.1 Å². The lowest BCUT2D eigenvalue weighted by Gasteiger charge is -2.06. The zero-order chi connectivity index (χ0) is 14.0. The second-order valence-electron chi connectivity index (χ2n) is 3.93. The van der Waals surface area contributed by atoms with Crippen LogP contribution >= 0.6 is 11.6 Å². The van der Waals surface area contributed by atoms with E-state index in [9.17, 15) is 12.8 Å². The van der Waals surface area contributed by atoms with Crippen LogP contribution < -0.4 is 4.72 Å². The number of pyridine rings is 1. The third-order valence-corrected chi connectivity index (χ3v) is 3.19. The summed E-state index contributed by atoms with van der Waals surface area (Å²) < 4.78 is 37.3. The van der Waals surface area contributed by atoms with Crippen molar-refractivity contribution in [3.05, 3.63) is 47.4 Å². The Kier molecular flexibility index (Phi) is 3.73. The topological polar surface area (TPSA) is 59.1 Å². The molecule has 0 aliphatic heterocycles. The maximum absolute atomic E-state index is 12.9. The molecular formula is C12H10ClFN2O2S. The number of hydrogen-bond donors (Lipinski definition) is 1. The van der Waals surface area contributed by atoms with E-state index in [1.165, 1.54) is 24.4 Å². The van der Waals surface area contributed by atoms with Crippen molar-refractivity contribution >= 4 is 27.4 Å². The molecule has 0 bridgehead atoms. The van der Waals surface area contributed by atoms with Crippen molar-refractivity contribution in [3.8, 4) is 11.1 Å². The standard InChI is InChI=1S/C12H10ClFN2O2S/c1-19(17,18)16-12-5-2-8(7-15-12)10-4-3-9(14)6-11(10)13/h2-7H,1H3,(H,15,16). The van der Waals surface area contributed by atoms with E-state index in [4.69, 9.17) is 11.6 Å². The third kappa shape index (κ3) is 3.65. The van der Waals surface area contributed by atoms with Crippen LogP contribution in [0.4, 0.5) is 10.2 Å². The molecule has 2 aromatic rings. The number of aromatic nitrogens is 1. The Morgan fingerprint density at radius 2 is 2.00 bits per heavy atom. The Hall–Kier alpha value is -1.66. The maximum atomic E-state index is 12.9. The molecule has 0 spiro atoms. The molecule has 4 nitrogen and oxygen atoms in total. The van der Waals surface area contributed by atoms with Gasteiger partial charge in [0, 0.05) is 17.3 Å². The van der Waals surface area contributed by atoms with Crippen molar-refractivity contribution in [2.24, 2.45) is 0 Å². The minimum Gasteiger partial charge on any atom is -0.268 e. The molecule has 0 unspecified atom stereocenters. The van der Waals surface area contributed by atoms with Gasteiger partial charge in [-0.05, 0) is 30.3 Å². The van der Waals surface area contributed by atoms with Crippen LogP contribution in [0, 0.1) is 5.82 Å². The van der Waals surface area contributed by atoms with E-state index in [-0.39, 0.29) is 10.8 Å². The van der Waals surface area contributed by atoms with Gasteiger partial charge in [0.25, 0.3) is 0 Å². The Labute approximate surface area is 115 Å². The van der Waals surface area contributed by atoms with E-state index in [0.717, 1.165) is 6.26 Å². The molecule has 0 radical (unpaired) electrons. The summed E-state index contributed by atoms with van der Waals surface area (Å²) in [7, 11) is -3.36. The quantitative estimate of drug-likeness (QED) is 0.948. The van der Waals surface area contributed by atoms with Crippen molar-refractivity contribution in [2.75, 3.05) is 11.0 Å². The van der Waals surface area contributed by atoms with E-state index in [1.807, 2.05) is 0 Å². The summed E-state index contributed by atoms with van der Waals surface area (Å²) in [5, 5.41) is 0.269. The van der Waals surface area contributed by atoms with E-state index in [2.05, 4.69) is 9.71 Å². The molecule has 7 heteroatoms. The number of nitrogens with zero attached hydrogens (tertiary/aromatic N) is 1. The summed E-state index contributed by atoms with van der Waals surface area (Å²) in [6, 6.07) is 7.21. The lowest BCUT2D eigenvalue weighted by atomic mass is 10.1. The fraction of sp³-hybridized carbons (Fsp3) is 0.0833. The van der Waals surface area contributed by atoms with Gasteiger partial charge in [-0.25, -0.2) is 17.8 Å². The van der Waals surface area contributed by atoms with Crippen LogP contribution in [0.1, 0.15) is 0 Å². The Bertz CT molecular complexity index is 702. The number of halogens is 2. The van der Waals surface area contributed by atoms with Gasteiger partial charge in [0.1, 0.15) is 11.6 Å². The molecule has 0 amide bonds. The highest BCUT2D eigenvalue weighted by molar-refractivity contribution is 7.92. The Morgan fingerprint density at radius 1 is 1.26 bits per heavy atom. The molecule has 2 rings (SSSR count). The molecule has 0 aliphatic rings. The summed E-state index contributed by atoms with van der Waals surface area (Å²) >= 11 is 5.93. The van der Waals surface area contributed by atoms with Crippen LogP contribution in [0.3, 0.4) is 0 Å². The first kappa shape index (κ1) is 13.8. The average molecular weight is 301 g/mol. The highest BCUT2D eigenvalue weighted by Crippen LogP contribution is 2.28. The highest BCUT2D eigenvalue weighted by atomic mass is 35.5. The van der Waals surface area contributed by atoms with Crippen molar-refractivity contribution < 1.29 is 12.8 Å². The van der Waals surface area contributed by atoms with Gasteiger partial charge in [-0.2, -0.15) is 0 Å². The summed E-state index contributed by atoms with van der Waals surface area (Å²) in [4.78, 5) is 3.96. The van der Waals surface area contributed by atoms with Gasteiger partial charge >= 0.3 is 0 Å². The largest absolute Gasteiger partial charge is 0.268 e. The lowest BCUT2D eigenvalue weighted by Crippen LogP contribution is -2.10. The Balaban J connectivity index is 2.32. The second-order valence-corrected chi connectivity index (χ2v) is 6.09. The monoisotopic (exact) mass is 300 g/mol. The fourth-order valence-electron chi connectivity index (χ4n) is 1.53. The third-order valence-electron chi connectivity index (χ3n) is 2.30. The molecule has 1 aromatic heterocycles. The van der Waals surface area contributed by atoms with Crippen LogP contribution in [0.5, 0.6) is 0 Å². The van der Waals surface area contributed by atoms with Crippen LogP contribution in [0.2, 0.25) is 5.02 Å². The van der Waals surface area contributed by atoms with Crippen molar-refractivity contribution in [3.63, 3.8) is 0 Å². The first-order valence-electron chi connectivity index (χ1n) is 5.24.